The molecule has 0 spiro atoms. The first-order valence-electron chi connectivity index (χ1n) is 8.91. The Labute approximate surface area is 142 Å². The molecule has 2 aromatic heterocycles. The molecule has 0 unspecified atom stereocenters. The zero-order chi connectivity index (χ0) is 15.6. The van der Waals surface area contributed by atoms with Crippen molar-refractivity contribution in [3.63, 3.8) is 0 Å². The molecule has 0 N–H and O–H groups in total. The lowest BCUT2D eigenvalue weighted by Gasteiger charge is -2.32. The normalized spacial score (nSPS) is 23.1. The predicted molar refractivity (Wildman–Crippen MR) is 93.6 cm³/mol. The Kier molecular flexibility index (Phi) is 4.49. The third-order valence-electron chi connectivity index (χ3n) is 5.40. The molecule has 0 bridgehead atoms. The lowest BCUT2D eigenvalue weighted by molar-refractivity contribution is 0.166. The van der Waals surface area contributed by atoms with E-state index < -0.39 is 0 Å². The Bertz CT molecular complexity index is 643. The van der Waals surface area contributed by atoms with Crippen LogP contribution in [0.3, 0.4) is 0 Å². The number of rotatable bonds is 5. The molecule has 1 saturated carbocycles. The van der Waals surface area contributed by atoms with Crippen molar-refractivity contribution in [2.24, 2.45) is 13.0 Å². The zero-order valence-electron chi connectivity index (χ0n) is 13.9. The SMILES string of the molecule is Cn1ccnc1C[C@@H]1CCCN(Cc2cnc(C3CCC3)s2)C1. The average Bonchev–Trinajstić information content (AvgIpc) is 3.08. The van der Waals surface area contributed by atoms with Gasteiger partial charge in [-0.1, -0.05) is 6.42 Å². The minimum atomic E-state index is 0.740. The van der Waals surface area contributed by atoms with E-state index >= 15 is 0 Å². The maximum absolute atomic E-state index is 4.67. The molecular weight excluding hydrogens is 304 g/mol. The summed E-state index contributed by atoms with van der Waals surface area (Å²) < 4.78 is 2.16. The van der Waals surface area contributed by atoms with Crippen molar-refractivity contribution in [1.29, 1.82) is 0 Å². The molecule has 2 aliphatic rings. The minimum Gasteiger partial charge on any atom is -0.338 e. The van der Waals surface area contributed by atoms with E-state index in [0.717, 1.165) is 24.8 Å². The van der Waals surface area contributed by atoms with E-state index in [0.29, 0.717) is 0 Å². The fraction of sp³-hybridized carbons (Fsp3) is 0.667. The highest BCUT2D eigenvalue weighted by Gasteiger charge is 2.24. The largest absolute Gasteiger partial charge is 0.338 e. The van der Waals surface area contributed by atoms with Crippen LogP contribution in [0.1, 0.15) is 53.7 Å². The molecule has 2 aromatic rings. The van der Waals surface area contributed by atoms with Crippen LogP contribution in [0, 0.1) is 5.92 Å². The van der Waals surface area contributed by atoms with Crippen molar-refractivity contribution in [3.8, 4) is 0 Å². The highest BCUT2D eigenvalue weighted by Crippen LogP contribution is 2.38. The molecule has 23 heavy (non-hydrogen) atoms. The summed E-state index contributed by atoms with van der Waals surface area (Å²) in [6.07, 6.45) is 13.9. The van der Waals surface area contributed by atoms with Gasteiger partial charge < -0.3 is 4.57 Å². The van der Waals surface area contributed by atoms with Crippen LogP contribution < -0.4 is 0 Å². The molecular formula is C18H26N4S. The maximum atomic E-state index is 4.67. The fourth-order valence-electron chi connectivity index (χ4n) is 3.77. The molecule has 4 rings (SSSR count). The first-order valence-corrected chi connectivity index (χ1v) is 9.73. The summed E-state index contributed by atoms with van der Waals surface area (Å²) in [5, 5.41) is 1.38. The second-order valence-electron chi connectivity index (χ2n) is 7.19. The van der Waals surface area contributed by atoms with Gasteiger partial charge in [0.05, 0.1) is 5.01 Å². The van der Waals surface area contributed by atoms with E-state index in [9.17, 15) is 0 Å². The highest BCUT2D eigenvalue weighted by atomic mass is 32.1. The van der Waals surface area contributed by atoms with Crippen LogP contribution in [0.5, 0.6) is 0 Å². The van der Waals surface area contributed by atoms with E-state index in [1.54, 1.807) is 0 Å². The van der Waals surface area contributed by atoms with Crippen LogP contribution in [0.15, 0.2) is 18.6 Å². The molecule has 1 aliphatic heterocycles. The van der Waals surface area contributed by atoms with Gasteiger partial charge in [-0.25, -0.2) is 9.97 Å². The van der Waals surface area contributed by atoms with Gasteiger partial charge in [-0.2, -0.15) is 0 Å². The molecule has 4 nitrogen and oxygen atoms in total. The average molecular weight is 331 g/mol. The summed E-state index contributed by atoms with van der Waals surface area (Å²) in [6, 6.07) is 0. The molecule has 1 aliphatic carbocycles. The lowest BCUT2D eigenvalue weighted by atomic mass is 9.86. The molecule has 124 valence electrons. The summed E-state index contributed by atoms with van der Waals surface area (Å²) in [4.78, 5) is 13.2. The highest BCUT2D eigenvalue weighted by molar-refractivity contribution is 7.11. The quantitative estimate of drug-likeness (QED) is 0.840. The molecule has 0 aromatic carbocycles. The van der Waals surface area contributed by atoms with Crippen LogP contribution in [0.2, 0.25) is 0 Å². The smallest absolute Gasteiger partial charge is 0.108 e. The number of nitrogens with zero attached hydrogens (tertiary/aromatic N) is 4. The van der Waals surface area contributed by atoms with E-state index in [2.05, 4.69) is 38.9 Å². The van der Waals surface area contributed by atoms with Gasteiger partial charge in [0, 0.05) is 55.9 Å². The van der Waals surface area contributed by atoms with Crippen LogP contribution >= 0.6 is 11.3 Å². The second-order valence-corrected chi connectivity index (χ2v) is 8.34. The lowest BCUT2D eigenvalue weighted by Crippen LogP contribution is -2.35. The molecule has 1 atom stereocenters. The van der Waals surface area contributed by atoms with Crippen molar-refractivity contribution in [2.75, 3.05) is 13.1 Å². The van der Waals surface area contributed by atoms with Gasteiger partial charge in [-0.3, -0.25) is 4.90 Å². The molecule has 1 saturated heterocycles. The van der Waals surface area contributed by atoms with Gasteiger partial charge in [0.25, 0.3) is 0 Å². The number of hydrogen-bond donors (Lipinski definition) is 0. The Morgan fingerprint density at radius 2 is 2.13 bits per heavy atom. The number of aryl methyl sites for hydroxylation is 1. The van der Waals surface area contributed by atoms with Gasteiger partial charge in [0.1, 0.15) is 5.82 Å². The van der Waals surface area contributed by atoms with Crippen molar-refractivity contribution in [1.82, 2.24) is 19.4 Å². The number of likely N-dealkylation sites (tertiary alicyclic amines) is 1. The molecule has 0 radical (unpaired) electrons. The first-order chi connectivity index (χ1) is 11.3. The predicted octanol–water partition coefficient (Wildman–Crippen LogP) is 3.60. The van der Waals surface area contributed by atoms with Crippen molar-refractivity contribution >= 4 is 11.3 Å². The minimum absolute atomic E-state index is 0.740. The number of imidazole rings is 1. The standard InChI is InChI=1S/C18H26N4S/c1-21-9-7-19-17(21)10-14-4-3-8-22(12-14)13-16-11-20-18(23-16)15-5-2-6-15/h7,9,11,14-15H,2-6,8,10,12-13H2,1H3/t14-/m0/s1. The topological polar surface area (TPSA) is 34.0 Å². The Balaban J connectivity index is 1.33. The van der Waals surface area contributed by atoms with Crippen molar-refractivity contribution in [2.45, 2.75) is 51.0 Å². The van der Waals surface area contributed by atoms with Gasteiger partial charge in [0.2, 0.25) is 0 Å². The van der Waals surface area contributed by atoms with E-state index in [1.165, 1.54) is 60.9 Å². The summed E-state index contributed by atoms with van der Waals surface area (Å²) in [5.74, 6) is 2.73. The van der Waals surface area contributed by atoms with Crippen molar-refractivity contribution in [3.05, 3.63) is 34.3 Å². The number of piperidine rings is 1. The van der Waals surface area contributed by atoms with Gasteiger partial charge >= 0.3 is 0 Å². The van der Waals surface area contributed by atoms with E-state index in [4.69, 9.17) is 0 Å². The second kappa shape index (κ2) is 6.73. The van der Waals surface area contributed by atoms with Crippen LogP contribution in [-0.4, -0.2) is 32.5 Å². The zero-order valence-corrected chi connectivity index (χ0v) is 14.8. The molecule has 5 heteroatoms. The summed E-state index contributed by atoms with van der Waals surface area (Å²) in [7, 11) is 2.10. The van der Waals surface area contributed by atoms with Gasteiger partial charge in [-0.15, -0.1) is 11.3 Å². The number of aromatic nitrogens is 3. The number of thiazole rings is 1. The third kappa shape index (κ3) is 3.50. The fourth-order valence-corrected chi connectivity index (χ4v) is 4.90. The Morgan fingerprint density at radius 1 is 1.22 bits per heavy atom. The summed E-state index contributed by atoms with van der Waals surface area (Å²) in [5.41, 5.74) is 0. The Morgan fingerprint density at radius 3 is 2.87 bits per heavy atom. The van der Waals surface area contributed by atoms with Crippen LogP contribution in [0.4, 0.5) is 0 Å². The Hall–Kier alpha value is -1.20. The van der Waals surface area contributed by atoms with E-state index in [-0.39, 0.29) is 0 Å². The number of hydrogen-bond acceptors (Lipinski definition) is 4. The van der Waals surface area contributed by atoms with Crippen molar-refractivity contribution < 1.29 is 0 Å². The van der Waals surface area contributed by atoms with Gasteiger partial charge in [-0.05, 0) is 38.1 Å². The third-order valence-corrected chi connectivity index (χ3v) is 6.55. The van der Waals surface area contributed by atoms with Crippen LogP contribution in [-0.2, 0) is 20.0 Å². The first kappa shape index (κ1) is 15.3. The monoisotopic (exact) mass is 330 g/mol. The summed E-state index contributed by atoms with van der Waals surface area (Å²) in [6.45, 7) is 3.51. The van der Waals surface area contributed by atoms with Gasteiger partial charge in [0.15, 0.2) is 0 Å². The molecule has 3 heterocycles. The van der Waals surface area contributed by atoms with E-state index in [1.807, 2.05) is 17.5 Å². The molecule has 0 amide bonds. The maximum Gasteiger partial charge on any atom is 0.108 e. The summed E-state index contributed by atoms with van der Waals surface area (Å²) >= 11 is 1.95. The molecule has 2 fully saturated rings. The van der Waals surface area contributed by atoms with Crippen LogP contribution in [0.25, 0.3) is 0 Å².